The molecule has 0 unspecified atom stereocenters. The summed E-state index contributed by atoms with van der Waals surface area (Å²) in [6.07, 6.45) is 0.591. The van der Waals surface area contributed by atoms with Crippen molar-refractivity contribution in [2.45, 2.75) is 31.7 Å². The average molecular weight is 444 g/mol. The maximum Gasteiger partial charge on any atom is 0.407 e. The molecular weight excluding hydrogens is 414 g/mol. The number of methoxy groups -OCH3 is 1. The molecule has 1 amide bonds. The predicted octanol–water partition coefficient (Wildman–Crippen LogP) is 5.34. The molecule has 3 aromatic rings. The number of carbonyl (C=O) groups is 2. The number of alkyl carbamates (subject to hydrolysis) is 1. The van der Waals surface area contributed by atoms with E-state index in [2.05, 4.69) is 29.6 Å². The van der Waals surface area contributed by atoms with Gasteiger partial charge in [-0.1, -0.05) is 85.8 Å². The molecular formula is C28H29NO4. The molecule has 0 radical (unpaired) electrons. The summed E-state index contributed by atoms with van der Waals surface area (Å²) in [6.45, 7) is 2.06. The van der Waals surface area contributed by atoms with Crippen LogP contribution in [0.4, 0.5) is 4.79 Å². The van der Waals surface area contributed by atoms with Crippen LogP contribution in [0.3, 0.4) is 0 Å². The van der Waals surface area contributed by atoms with Gasteiger partial charge >= 0.3 is 12.1 Å². The second-order valence-corrected chi connectivity index (χ2v) is 8.52. The molecule has 170 valence electrons. The van der Waals surface area contributed by atoms with Gasteiger partial charge in [-0.25, -0.2) is 4.79 Å². The number of rotatable bonds is 8. The zero-order valence-corrected chi connectivity index (χ0v) is 19.0. The fraction of sp³-hybridized carbons (Fsp3) is 0.286. The van der Waals surface area contributed by atoms with Crippen LogP contribution in [-0.4, -0.2) is 31.8 Å². The molecule has 0 saturated heterocycles. The van der Waals surface area contributed by atoms with E-state index in [1.54, 1.807) is 0 Å². The van der Waals surface area contributed by atoms with Crippen molar-refractivity contribution in [1.29, 1.82) is 0 Å². The van der Waals surface area contributed by atoms with Crippen LogP contribution in [0.5, 0.6) is 0 Å². The monoisotopic (exact) mass is 443 g/mol. The van der Waals surface area contributed by atoms with Crippen LogP contribution in [0.25, 0.3) is 11.1 Å². The molecule has 0 fully saturated rings. The van der Waals surface area contributed by atoms with Crippen molar-refractivity contribution in [3.63, 3.8) is 0 Å². The summed E-state index contributed by atoms with van der Waals surface area (Å²) < 4.78 is 10.6. The van der Waals surface area contributed by atoms with Gasteiger partial charge in [-0.05, 0) is 40.7 Å². The van der Waals surface area contributed by atoms with Crippen molar-refractivity contribution >= 4 is 12.1 Å². The Labute approximate surface area is 194 Å². The van der Waals surface area contributed by atoms with Gasteiger partial charge in [0.05, 0.1) is 13.0 Å². The molecule has 4 rings (SSSR count). The third-order valence-electron chi connectivity index (χ3n) is 6.23. The number of hydrogen-bond acceptors (Lipinski definition) is 4. The van der Waals surface area contributed by atoms with E-state index >= 15 is 0 Å². The number of carbonyl (C=O) groups excluding carboxylic acids is 2. The number of nitrogens with one attached hydrogen (secondary N) is 1. The minimum atomic E-state index is -0.477. The minimum absolute atomic E-state index is 0.00437. The summed E-state index contributed by atoms with van der Waals surface area (Å²) in [7, 11) is 1.38. The van der Waals surface area contributed by atoms with Gasteiger partial charge in [-0.15, -0.1) is 0 Å². The van der Waals surface area contributed by atoms with Crippen molar-refractivity contribution in [2.24, 2.45) is 5.92 Å². The van der Waals surface area contributed by atoms with E-state index in [0.29, 0.717) is 12.8 Å². The summed E-state index contributed by atoms with van der Waals surface area (Å²) in [4.78, 5) is 24.7. The zero-order chi connectivity index (χ0) is 23.2. The van der Waals surface area contributed by atoms with Gasteiger partial charge in [0.15, 0.2) is 0 Å². The first-order chi connectivity index (χ1) is 16.1. The summed E-state index contributed by atoms with van der Waals surface area (Å²) in [5.74, 6) is -0.621. The third kappa shape index (κ3) is 5.25. The molecule has 5 nitrogen and oxygen atoms in total. The average Bonchev–Trinajstić information content (AvgIpc) is 3.16. The van der Waals surface area contributed by atoms with Crippen LogP contribution < -0.4 is 5.32 Å². The molecule has 5 heteroatoms. The SMILES string of the molecule is COC(=O)[C@@H](C)C[C@H](Cc1ccccc1)NC(=O)OCC1c2ccccc2-c2ccccc21. The quantitative estimate of drug-likeness (QED) is 0.478. The topological polar surface area (TPSA) is 64.6 Å². The lowest BCUT2D eigenvalue weighted by Gasteiger charge is -2.22. The summed E-state index contributed by atoms with van der Waals surface area (Å²) >= 11 is 0. The highest BCUT2D eigenvalue weighted by molar-refractivity contribution is 5.79. The van der Waals surface area contributed by atoms with E-state index in [9.17, 15) is 9.59 Å². The second-order valence-electron chi connectivity index (χ2n) is 8.52. The van der Waals surface area contributed by atoms with Gasteiger partial charge in [0.25, 0.3) is 0 Å². The Bertz CT molecular complexity index is 1070. The molecule has 1 aliphatic rings. The molecule has 0 bridgehead atoms. The number of hydrogen-bond donors (Lipinski definition) is 1. The third-order valence-corrected chi connectivity index (χ3v) is 6.23. The molecule has 1 aliphatic carbocycles. The van der Waals surface area contributed by atoms with Crippen LogP contribution in [-0.2, 0) is 20.7 Å². The number of esters is 1. The number of ether oxygens (including phenoxy) is 2. The Morgan fingerprint density at radius 2 is 1.45 bits per heavy atom. The Balaban J connectivity index is 1.43. The molecule has 1 N–H and O–H groups in total. The van der Waals surface area contributed by atoms with Gasteiger partial charge in [0.2, 0.25) is 0 Å². The molecule has 0 aromatic heterocycles. The molecule has 0 spiro atoms. The Morgan fingerprint density at radius 3 is 2.06 bits per heavy atom. The predicted molar refractivity (Wildman–Crippen MR) is 128 cm³/mol. The van der Waals surface area contributed by atoms with Crippen LogP contribution >= 0.6 is 0 Å². The smallest absolute Gasteiger partial charge is 0.407 e. The van der Waals surface area contributed by atoms with Gasteiger partial charge in [-0.2, -0.15) is 0 Å². The highest BCUT2D eigenvalue weighted by Gasteiger charge is 2.29. The lowest BCUT2D eigenvalue weighted by atomic mass is 9.96. The molecule has 2 atom stereocenters. The first-order valence-corrected chi connectivity index (χ1v) is 11.3. The zero-order valence-electron chi connectivity index (χ0n) is 19.0. The van der Waals surface area contributed by atoms with E-state index in [1.807, 2.05) is 61.5 Å². The van der Waals surface area contributed by atoms with Gasteiger partial charge in [-0.3, -0.25) is 4.79 Å². The van der Waals surface area contributed by atoms with E-state index in [-0.39, 0.29) is 30.5 Å². The van der Waals surface area contributed by atoms with Crippen LogP contribution in [0.1, 0.15) is 36.0 Å². The van der Waals surface area contributed by atoms with Crippen LogP contribution in [0.15, 0.2) is 78.9 Å². The normalized spacial score (nSPS) is 14.0. The van der Waals surface area contributed by atoms with Gasteiger partial charge in [0, 0.05) is 12.0 Å². The van der Waals surface area contributed by atoms with Crippen LogP contribution in [0.2, 0.25) is 0 Å². The standard InChI is InChI=1S/C28H29NO4/c1-19(27(30)32-2)16-21(17-20-10-4-3-5-11-20)29-28(31)33-18-26-24-14-8-6-12-22(24)23-13-7-9-15-25(23)26/h3-15,19,21,26H,16-18H2,1-2H3,(H,29,31)/t19-,21+/m0/s1. The first-order valence-electron chi connectivity index (χ1n) is 11.3. The van der Waals surface area contributed by atoms with E-state index in [1.165, 1.54) is 29.4 Å². The highest BCUT2D eigenvalue weighted by atomic mass is 16.5. The molecule has 33 heavy (non-hydrogen) atoms. The summed E-state index contributed by atoms with van der Waals surface area (Å²) in [5.41, 5.74) is 5.81. The number of fused-ring (bicyclic) bond motifs is 3. The van der Waals surface area contributed by atoms with Gasteiger partial charge in [0.1, 0.15) is 6.61 Å². The van der Waals surface area contributed by atoms with Crippen molar-refractivity contribution in [2.75, 3.05) is 13.7 Å². The second kappa shape index (κ2) is 10.3. The van der Waals surface area contributed by atoms with Gasteiger partial charge < -0.3 is 14.8 Å². The largest absolute Gasteiger partial charge is 0.469 e. The summed E-state index contributed by atoms with van der Waals surface area (Å²) in [5, 5.41) is 2.98. The lowest BCUT2D eigenvalue weighted by molar-refractivity contribution is -0.145. The molecule has 3 aromatic carbocycles. The van der Waals surface area contributed by atoms with E-state index in [0.717, 1.165) is 5.56 Å². The van der Waals surface area contributed by atoms with Crippen molar-refractivity contribution in [1.82, 2.24) is 5.32 Å². The Hall–Kier alpha value is -3.60. The highest BCUT2D eigenvalue weighted by Crippen LogP contribution is 2.44. The van der Waals surface area contributed by atoms with Crippen molar-refractivity contribution in [3.8, 4) is 11.1 Å². The van der Waals surface area contributed by atoms with Crippen molar-refractivity contribution in [3.05, 3.63) is 95.6 Å². The fourth-order valence-electron chi connectivity index (χ4n) is 4.62. The van der Waals surface area contributed by atoms with E-state index in [4.69, 9.17) is 9.47 Å². The Morgan fingerprint density at radius 1 is 0.879 bits per heavy atom. The number of amides is 1. The van der Waals surface area contributed by atoms with Crippen LogP contribution in [0, 0.1) is 5.92 Å². The molecule has 0 saturated carbocycles. The molecule has 0 heterocycles. The Kier molecular flexibility index (Phi) is 7.08. The maximum atomic E-state index is 12.8. The summed E-state index contributed by atoms with van der Waals surface area (Å²) in [6, 6.07) is 26.1. The van der Waals surface area contributed by atoms with E-state index < -0.39 is 6.09 Å². The first kappa shape index (κ1) is 22.6. The minimum Gasteiger partial charge on any atom is -0.469 e. The maximum absolute atomic E-state index is 12.8. The number of benzene rings is 3. The molecule has 0 aliphatic heterocycles. The van der Waals surface area contributed by atoms with Crippen molar-refractivity contribution < 1.29 is 19.1 Å². The fourth-order valence-corrected chi connectivity index (χ4v) is 4.62. The lowest BCUT2D eigenvalue weighted by Crippen LogP contribution is -2.39.